The summed E-state index contributed by atoms with van der Waals surface area (Å²) in [7, 11) is -0.316. The van der Waals surface area contributed by atoms with Crippen LogP contribution in [0.4, 0.5) is 13.2 Å². The van der Waals surface area contributed by atoms with Gasteiger partial charge in [-0.3, -0.25) is 9.89 Å². The van der Waals surface area contributed by atoms with Crippen molar-refractivity contribution >= 4 is 13.0 Å². The molecule has 1 aliphatic carbocycles. The van der Waals surface area contributed by atoms with E-state index in [0.717, 1.165) is 6.42 Å². The molecule has 10 heteroatoms. The number of nitrogens with zero attached hydrogens (tertiary/aromatic N) is 2. The van der Waals surface area contributed by atoms with Crippen LogP contribution >= 0.6 is 0 Å². The Hall–Kier alpha value is -1.55. The second kappa shape index (κ2) is 5.75. The zero-order valence-corrected chi connectivity index (χ0v) is 16.7. The molecule has 2 aliphatic heterocycles. The third kappa shape index (κ3) is 2.79. The third-order valence-electron chi connectivity index (χ3n) is 7.07. The number of aromatic nitrogens is 2. The number of carbonyl (C=O) groups excluding carboxylic acids is 1. The fourth-order valence-electron chi connectivity index (χ4n) is 4.35. The summed E-state index contributed by atoms with van der Waals surface area (Å²) < 4.78 is 51.3. The summed E-state index contributed by atoms with van der Waals surface area (Å²) >= 11 is 0. The fraction of sp³-hybridized carbons (Fsp3) is 0.778. The molecular formula is C18H25BF3N3O3. The lowest BCUT2D eigenvalue weighted by atomic mass is 9.63. The molecule has 0 bridgehead atoms. The number of piperidine rings is 1. The van der Waals surface area contributed by atoms with Crippen LogP contribution in [0, 0.1) is 12.8 Å². The number of hydrogen-bond donors (Lipinski definition) is 1. The van der Waals surface area contributed by atoms with E-state index in [-0.39, 0.29) is 29.6 Å². The van der Waals surface area contributed by atoms with E-state index in [4.69, 9.17) is 9.31 Å². The van der Waals surface area contributed by atoms with Crippen LogP contribution in [0.1, 0.15) is 62.3 Å². The maximum Gasteiger partial charge on any atom is 0.464 e. The van der Waals surface area contributed by atoms with Crippen LogP contribution in [-0.2, 0) is 15.5 Å². The average Bonchev–Trinajstić information content (AvgIpc) is 3.10. The Labute approximate surface area is 162 Å². The highest BCUT2D eigenvalue weighted by atomic mass is 19.4. The molecule has 154 valence electrons. The van der Waals surface area contributed by atoms with Crippen molar-refractivity contribution in [3.63, 3.8) is 0 Å². The quantitative estimate of drug-likeness (QED) is 0.774. The van der Waals surface area contributed by atoms with Crippen molar-refractivity contribution in [1.29, 1.82) is 0 Å². The number of aromatic amines is 1. The second-order valence-corrected chi connectivity index (χ2v) is 9.29. The third-order valence-corrected chi connectivity index (χ3v) is 7.07. The molecule has 1 aromatic heterocycles. The Morgan fingerprint density at radius 3 is 2.36 bits per heavy atom. The van der Waals surface area contributed by atoms with Gasteiger partial charge in [0.05, 0.1) is 11.2 Å². The SMILES string of the molecule is Cc1c(C(=O)N2CCC3(B4OC(C)(C)C(C)(C)O4)CC3C2)n[nH]c1C(F)(F)F. The highest BCUT2D eigenvalue weighted by molar-refractivity contribution is 6.51. The van der Waals surface area contributed by atoms with Crippen molar-refractivity contribution in [2.24, 2.45) is 5.92 Å². The van der Waals surface area contributed by atoms with Crippen LogP contribution in [0.15, 0.2) is 0 Å². The summed E-state index contributed by atoms with van der Waals surface area (Å²) in [6, 6.07) is 0. The minimum Gasteiger partial charge on any atom is -0.403 e. The number of halogens is 3. The van der Waals surface area contributed by atoms with Crippen LogP contribution in [-0.4, -0.2) is 52.4 Å². The maximum absolute atomic E-state index is 13.0. The van der Waals surface area contributed by atoms with E-state index in [1.807, 2.05) is 32.8 Å². The molecule has 0 spiro atoms. The van der Waals surface area contributed by atoms with Crippen molar-refractivity contribution in [2.75, 3.05) is 13.1 Å². The first-order chi connectivity index (χ1) is 12.8. The summed E-state index contributed by atoms with van der Waals surface area (Å²) in [6.45, 7) is 10.3. The van der Waals surface area contributed by atoms with Gasteiger partial charge in [-0.05, 0) is 53.4 Å². The number of alkyl halides is 3. The van der Waals surface area contributed by atoms with Gasteiger partial charge in [-0.2, -0.15) is 18.3 Å². The minimum atomic E-state index is -4.56. The van der Waals surface area contributed by atoms with E-state index in [1.54, 1.807) is 4.90 Å². The largest absolute Gasteiger partial charge is 0.464 e. The molecular weight excluding hydrogens is 374 g/mol. The number of rotatable bonds is 2. The number of fused-ring (bicyclic) bond motifs is 1. The van der Waals surface area contributed by atoms with Gasteiger partial charge in [-0.1, -0.05) is 0 Å². The van der Waals surface area contributed by atoms with Gasteiger partial charge in [0.25, 0.3) is 5.91 Å². The number of likely N-dealkylation sites (tertiary alicyclic amines) is 1. The van der Waals surface area contributed by atoms with E-state index < -0.39 is 29.0 Å². The first-order valence-corrected chi connectivity index (χ1v) is 9.55. The van der Waals surface area contributed by atoms with Crippen molar-refractivity contribution in [2.45, 2.75) is 70.2 Å². The molecule has 4 rings (SSSR count). The Balaban J connectivity index is 1.46. The smallest absolute Gasteiger partial charge is 0.403 e. The van der Waals surface area contributed by atoms with Gasteiger partial charge in [0.1, 0.15) is 5.69 Å². The molecule has 3 heterocycles. The lowest BCUT2D eigenvalue weighted by Gasteiger charge is -2.32. The van der Waals surface area contributed by atoms with E-state index in [9.17, 15) is 18.0 Å². The second-order valence-electron chi connectivity index (χ2n) is 9.29. The topological polar surface area (TPSA) is 67.5 Å². The van der Waals surface area contributed by atoms with Crippen molar-refractivity contribution in [3.05, 3.63) is 17.0 Å². The van der Waals surface area contributed by atoms with E-state index in [1.165, 1.54) is 6.92 Å². The van der Waals surface area contributed by atoms with Crippen LogP contribution in [0.2, 0.25) is 5.31 Å². The first kappa shape index (κ1) is 19.8. The van der Waals surface area contributed by atoms with Crippen molar-refractivity contribution in [1.82, 2.24) is 15.1 Å². The molecule has 3 fully saturated rings. The summed E-state index contributed by atoms with van der Waals surface area (Å²) in [5, 5.41) is 5.50. The monoisotopic (exact) mass is 399 g/mol. The van der Waals surface area contributed by atoms with E-state index in [0.29, 0.717) is 19.5 Å². The zero-order chi connectivity index (χ0) is 20.7. The molecule has 0 aromatic carbocycles. The van der Waals surface area contributed by atoms with Crippen LogP contribution in [0.3, 0.4) is 0 Å². The number of carbonyl (C=O) groups is 1. The molecule has 0 radical (unpaired) electrons. The summed E-state index contributed by atoms with van der Waals surface area (Å²) in [6.07, 6.45) is -2.96. The van der Waals surface area contributed by atoms with Crippen LogP contribution < -0.4 is 0 Å². The van der Waals surface area contributed by atoms with Gasteiger partial charge in [-0.25, -0.2) is 0 Å². The standard InChI is InChI=1S/C18H25BF3N3O3/c1-10-12(23-24-13(10)18(20,21)22)14(26)25-7-6-17(8-11(17)9-25)19-27-15(2,3)16(4,5)28-19/h11H,6-9H2,1-5H3,(H,23,24). The fourth-order valence-corrected chi connectivity index (χ4v) is 4.35. The summed E-state index contributed by atoms with van der Waals surface area (Å²) in [4.78, 5) is 14.4. The van der Waals surface area contributed by atoms with Crippen molar-refractivity contribution in [3.8, 4) is 0 Å². The Morgan fingerprint density at radius 1 is 1.25 bits per heavy atom. The van der Waals surface area contributed by atoms with E-state index >= 15 is 0 Å². The lowest BCUT2D eigenvalue weighted by Crippen LogP contribution is -2.42. The van der Waals surface area contributed by atoms with Gasteiger partial charge >= 0.3 is 13.3 Å². The Bertz CT molecular complexity index is 807. The molecule has 3 aliphatic rings. The van der Waals surface area contributed by atoms with Crippen molar-refractivity contribution < 1.29 is 27.3 Å². The molecule has 1 N–H and O–H groups in total. The molecule has 28 heavy (non-hydrogen) atoms. The predicted molar refractivity (Wildman–Crippen MR) is 95.7 cm³/mol. The van der Waals surface area contributed by atoms with Gasteiger partial charge in [-0.15, -0.1) is 0 Å². The van der Waals surface area contributed by atoms with Gasteiger partial charge in [0, 0.05) is 24.0 Å². The minimum absolute atomic E-state index is 0.112. The predicted octanol–water partition coefficient (Wildman–Crippen LogP) is 3.44. The van der Waals surface area contributed by atoms with Gasteiger partial charge in [0.2, 0.25) is 0 Å². The highest BCUT2D eigenvalue weighted by Crippen LogP contribution is 2.69. The number of hydrogen-bond acceptors (Lipinski definition) is 4. The number of nitrogens with one attached hydrogen (secondary N) is 1. The Morgan fingerprint density at radius 2 is 1.86 bits per heavy atom. The Kier molecular flexibility index (Phi) is 4.06. The molecule has 1 amide bonds. The molecule has 2 unspecified atom stereocenters. The number of amides is 1. The summed E-state index contributed by atoms with van der Waals surface area (Å²) in [5.74, 6) is -0.236. The molecule has 2 saturated heterocycles. The van der Waals surface area contributed by atoms with Crippen LogP contribution in [0.25, 0.3) is 0 Å². The molecule has 2 atom stereocenters. The highest BCUT2D eigenvalue weighted by Gasteiger charge is 2.70. The van der Waals surface area contributed by atoms with E-state index in [2.05, 4.69) is 5.10 Å². The average molecular weight is 399 g/mol. The normalized spacial score (nSPS) is 31.1. The van der Waals surface area contributed by atoms with Crippen LogP contribution in [0.5, 0.6) is 0 Å². The molecule has 6 nitrogen and oxygen atoms in total. The number of H-pyrrole nitrogens is 1. The van der Waals surface area contributed by atoms with Gasteiger partial charge < -0.3 is 14.2 Å². The zero-order valence-electron chi connectivity index (χ0n) is 16.7. The maximum atomic E-state index is 13.0. The summed E-state index contributed by atoms with van der Waals surface area (Å²) in [5.41, 5.74) is -2.10. The molecule has 1 aromatic rings. The lowest BCUT2D eigenvalue weighted by molar-refractivity contribution is -0.141. The first-order valence-electron chi connectivity index (χ1n) is 9.55. The van der Waals surface area contributed by atoms with Gasteiger partial charge in [0.15, 0.2) is 5.69 Å². The molecule has 1 saturated carbocycles.